The number of nitrogens with one attached hydrogen (secondary N) is 2. The molecule has 1 aromatic heterocycles. The van der Waals surface area contributed by atoms with Gasteiger partial charge in [-0.1, -0.05) is 6.92 Å². The van der Waals surface area contributed by atoms with Crippen molar-refractivity contribution >= 4 is 5.91 Å². The SMILES string of the molecule is CCOCCOc1ccc(-c2nnc(CCC(=O)N[C@H](C)CC)c(=O)[nH]2)cc1. The number of hydrogen-bond donors (Lipinski definition) is 2. The summed E-state index contributed by atoms with van der Waals surface area (Å²) in [5, 5.41) is 10.9. The van der Waals surface area contributed by atoms with Crippen LogP contribution in [0.2, 0.25) is 0 Å². The zero-order valence-corrected chi connectivity index (χ0v) is 16.7. The van der Waals surface area contributed by atoms with Crippen LogP contribution in [0.5, 0.6) is 5.75 Å². The Labute approximate surface area is 164 Å². The number of hydrogen-bond acceptors (Lipinski definition) is 6. The fourth-order valence-electron chi connectivity index (χ4n) is 2.41. The quantitative estimate of drug-likeness (QED) is 0.571. The molecule has 0 fully saturated rings. The number of carbonyl (C=O) groups is 1. The van der Waals surface area contributed by atoms with Gasteiger partial charge in [0.2, 0.25) is 5.91 Å². The highest BCUT2D eigenvalue weighted by Crippen LogP contribution is 2.18. The summed E-state index contributed by atoms with van der Waals surface area (Å²) in [4.78, 5) is 26.8. The first-order valence-corrected chi connectivity index (χ1v) is 9.59. The molecule has 8 nitrogen and oxygen atoms in total. The number of benzene rings is 1. The van der Waals surface area contributed by atoms with Crippen LogP contribution in [0.25, 0.3) is 11.4 Å². The minimum Gasteiger partial charge on any atom is -0.491 e. The van der Waals surface area contributed by atoms with E-state index >= 15 is 0 Å². The topological polar surface area (TPSA) is 106 Å². The van der Waals surface area contributed by atoms with Gasteiger partial charge in [-0.3, -0.25) is 9.59 Å². The van der Waals surface area contributed by atoms with Crippen molar-refractivity contribution in [2.24, 2.45) is 0 Å². The lowest BCUT2D eigenvalue weighted by molar-refractivity contribution is -0.121. The smallest absolute Gasteiger partial charge is 0.273 e. The number of ether oxygens (including phenoxy) is 2. The molecule has 1 atom stereocenters. The number of aromatic amines is 1. The molecule has 0 bridgehead atoms. The molecule has 2 N–H and O–H groups in total. The van der Waals surface area contributed by atoms with Crippen molar-refractivity contribution in [2.75, 3.05) is 19.8 Å². The maximum atomic E-state index is 12.2. The molecule has 1 aromatic carbocycles. The fourth-order valence-corrected chi connectivity index (χ4v) is 2.41. The third-order valence-electron chi connectivity index (χ3n) is 4.20. The lowest BCUT2D eigenvalue weighted by Gasteiger charge is -2.10. The maximum absolute atomic E-state index is 12.2. The van der Waals surface area contributed by atoms with Crippen molar-refractivity contribution in [3.05, 3.63) is 40.3 Å². The lowest BCUT2D eigenvalue weighted by Crippen LogP contribution is -2.32. The second-order valence-corrected chi connectivity index (χ2v) is 6.40. The monoisotopic (exact) mass is 388 g/mol. The summed E-state index contributed by atoms with van der Waals surface area (Å²) in [6.45, 7) is 7.54. The van der Waals surface area contributed by atoms with Crippen LogP contribution >= 0.6 is 0 Å². The first kappa shape index (κ1) is 21.6. The van der Waals surface area contributed by atoms with Crippen LogP contribution < -0.4 is 15.6 Å². The molecule has 0 spiro atoms. The molecule has 8 heteroatoms. The van der Waals surface area contributed by atoms with Gasteiger partial charge in [0.1, 0.15) is 18.1 Å². The van der Waals surface area contributed by atoms with Gasteiger partial charge in [-0.25, -0.2) is 0 Å². The summed E-state index contributed by atoms with van der Waals surface area (Å²) in [6, 6.07) is 7.32. The Balaban J connectivity index is 1.94. The largest absolute Gasteiger partial charge is 0.491 e. The summed E-state index contributed by atoms with van der Waals surface area (Å²) in [5.74, 6) is 0.987. The third-order valence-corrected chi connectivity index (χ3v) is 4.20. The van der Waals surface area contributed by atoms with Crippen molar-refractivity contribution in [2.45, 2.75) is 46.1 Å². The van der Waals surface area contributed by atoms with Crippen molar-refractivity contribution in [3.63, 3.8) is 0 Å². The molecular weight excluding hydrogens is 360 g/mol. The summed E-state index contributed by atoms with van der Waals surface area (Å²) in [5.41, 5.74) is 0.639. The van der Waals surface area contributed by atoms with Gasteiger partial charge in [-0.05, 0) is 44.5 Å². The lowest BCUT2D eigenvalue weighted by atomic mass is 10.2. The zero-order valence-electron chi connectivity index (χ0n) is 16.7. The highest BCUT2D eigenvalue weighted by Gasteiger charge is 2.11. The number of aromatic nitrogens is 3. The molecular formula is C20H28N4O4. The molecule has 1 amide bonds. The number of rotatable bonds is 11. The van der Waals surface area contributed by atoms with E-state index in [1.165, 1.54) is 0 Å². The number of nitrogens with zero attached hydrogens (tertiary/aromatic N) is 2. The molecule has 0 aliphatic carbocycles. The Morgan fingerprint density at radius 1 is 1.18 bits per heavy atom. The van der Waals surface area contributed by atoms with E-state index in [0.717, 1.165) is 12.0 Å². The Morgan fingerprint density at radius 3 is 2.57 bits per heavy atom. The molecule has 1 heterocycles. The van der Waals surface area contributed by atoms with E-state index in [-0.39, 0.29) is 36.0 Å². The van der Waals surface area contributed by atoms with Crippen molar-refractivity contribution in [1.29, 1.82) is 0 Å². The van der Waals surface area contributed by atoms with E-state index in [0.29, 0.717) is 31.4 Å². The van der Waals surface area contributed by atoms with Crippen LogP contribution in [0, 0.1) is 0 Å². The van der Waals surface area contributed by atoms with Crippen molar-refractivity contribution < 1.29 is 14.3 Å². The Bertz CT molecular complexity index is 805. The van der Waals surface area contributed by atoms with Crippen LogP contribution in [0.3, 0.4) is 0 Å². The standard InChI is InChI=1S/C20H28N4O4/c1-4-14(3)21-18(25)11-10-17-20(26)22-19(24-23-17)15-6-8-16(9-7-15)28-13-12-27-5-2/h6-9,14H,4-5,10-13H2,1-3H3,(H,21,25)(H,22,24,26)/t14-/m1/s1. The molecule has 152 valence electrons. The van der Waals surface area contributed by atoms with Crippen LogP contribution in [0.1, 0.15) is 39.3 Å². The minimum absolute atomic E-state index is 0.0976. The second kappa shape index (κ2) is 11.2. The molecule has 0 aliphatic heterocycles. The highest BCUT2D eigenvalue weighted by atomic mass is 16.5. The van der Waals surface area contributed by atoms with Gasteiger partial charge in [0, 0.05) is 31.1 Å². The summed E-state index contributed by atoms with van der Waals surface area (Å²) in [6.07, 6.45) is 1.31. The molecule has 0 radical (unpaired) electrons. The second-order valence-electron chi connectivity index (χ2n) is 6.40. The van der Waals surface area contributed by atoms with E-state index in [4.69, 9.17) is 9.47 Å². The predicted octanol–water partition coefficient (Wildman–Crippen LogP) is 2.09. The van der Waals surface area contributed by atoms with Gasteiger partial charge >= 0.3 is 0 Å². The van der Waals surface area contributed by atoms with E-state index in [9.17, 15) is 9.59 Å². The van der Waals surface area contributed by atoms with Crippen LogP contribution in [0.15, 0.2) is 29.1 Å². The first-order valence-electron chi connectivity index (χ1n) is 9.59. The summed E-state index contributed by atoms with van der Waals surface area (Å²) in [7, 11) is 0. The zero-order chi connectivity index (χ0) is 20.4. The molecule has 0 aliphatic rings. The molecule has 0 saturated carbocycles. The Kier molecular flexibility index (Phi) is 8.61. The number of H-pyrrole nitrogens is 1. The predicted molar refractivity (Wildman–Crippen MR) is 106 cm³/mol. The van der Waals surface area contributed by atoms with Gasteiger partial charge in [0.15, 0.2) is 5.82 Å². The fraction of sp³-hybridized carbons (Fsp3) is 0.500. The van der Waals surface area contributed by atoms with Crippen molar-refractivity contribution in [3.8, 4) is 17.1 Å². The Hall–Kier alpha value is -2.74. The van der Waals surface area contributed by atoms with E-state index in [1.54, 1.807) is 24.3 Å². The number of amides is 1. The van der Waals surface area contributed by atoms with E-state index in [1.807, 2.05) is 20.8 Å². The van der Waals surface area contributed by atoms with Gasteiger partial charge < -0.3 is 19.8 Å². The van der Waals surface area contributed by atoms with Crippen LogP contribution in [-0.2, 0) is 16.0 Å². The molecule has 28 heavy (non-hydrogen) atoms. The Morgan fingerprint density at radius 2 is 1.93 bits per heavy atom. The molecule has 0 saturated heterocycles. The van der Waals surface area contributed by atoms with E-state index < -0.39 is 0 Å². The average molecular weight is 388 g/mol. The van der Waals surface area contributed by atoms with Crippen LogP contribution in [0.4, 0.5) is 0 Å². The molecule has 2 aromatic rings. The molecule has 0 unspecified atom stereocenters. The van der Waals surface area contributed by atoms with Crippen LogP contribution in [-0.4, -0.2) is 47.0 Å². The van der Waals surface area contributed by atoms with Gasteiger partial charge in [0.25, 0.3) is 5.56 Å². The number of carbonyl (C=O) groups excluding carboxylic acids is 1. The first-order chi connectivity index (χ1) is 13.5. The normalized spacial score (nSPS) is 11.8. The number of aryl methyl sites for hydroxylation is 1. The maximum Gasteiger partial charge on any atom is 0.273 e. The molecule has 2 rings (SSSR count). The van der Waals surface area contributed by atoms with Gasteiger partial charge in [-0.2, -0.15) is 0 Å². The summed E-state index contributed by atoms with van der Waals surface area (Å²) >= 11 is 0. The highest BCUT2D eigenvalue weighted by molar-refractivity contribution is 5.76. The minimum atomic E-state index is -0.335. The van der Waals surface area contributed by atoms with Gasteiger partial charge in [-0.15, -0.1) is 10.2 Å². The van der Waals surface area contributed by atoms with Crippen molar-refractivity contribution in [1.82, 2.24) is 20.5 Å². The summed E-state index contributed by atoms with van der Waals surface area (Å²) < 4.78 is 10.8. The van der Waals surface area contributed by atoms with Gasteiger partial charge in [0.05, 0.1) is 6.61 Å². The third kappa shape index (κ3) is 6.77. The van der Waals surface area contributed by atoms with E-state index in [2.05, 4.69) is 20.5 Å². The average Bonchev–Trinajstić information content (AvgIpc) is 2.70.